The summed E-state index contributed by atoms with van der Waals surface area (Å²) in [5.41, 5.74) is 6.36. The molecule has 0 radical (unpaired) electrons. The Kier molecular flexibility index (Phi) is 6.37. The van der Waals surface area contributed by atoms with E-state index < -0.39 is 0 Å². The van der Waals surface area contributed by atoms with Gasteiger partial charge in [0.05, 0.1) is 17.3 Å². The van der Waals surface area contributed by atoms with Crippen molar-refractivity contribution in [2.24, 2.45) is 0 Å². The van der Waals surface area contributed by atoms with Crippen LogP contribution in [0.25, 0.3) is 5.70 Å². The summed E-state index contributed by atoms with van der Waals surface area (Å²) in [6.45, 7) is 6.36. The maximum atomic E-state index is 13.6. The molecule has 0 bridgehead atoms. The second kappa shape index (κ2) is 9.37. The lowest BCUT2D eigenvalue weighted by molar-refractivity contribution is -0.113. The van der Waals surface area contributed by atoms with Crippen molar-refractivity contribution in [3.05, 3.63) is 107 Å². The number of carbonyl (C=O) groups is 1. The van der Waals surface area contributed by atoms with Crippen molar-refractivity contribution in [2.45, 2.75) is 32.7 Å². The Balaban J connectivity index is 1.80. The molecule has 3 N–H and O–H groups in total. The fraction of sp³-hybridized carbons (Fsp3) is 0.185. The molecule has 1 atom stereocenters. The standard InChI is InChI=1S/C27H27N3OS/c1-17(2)19-11-13-21(14-12-19)25-23(26(31)28-22-15-9-18(3)10-16-22)24(29-27(32)30-25)20-7-5-4-6-8-20/h4-17,25H,1-3H3,(H,28,31)(H2,29,30,32)/t25-/m0/s1. The minimum absolute atomic E-state index is 0.173. The molecule has 0 aromatic heterocycles. The van der Waals surface area contributed by atoms with E-state index in [0.717, 1.165) is 28.1 Å². The molecule has 1 aliphatic rings. The van der Waals surface area contributed by atoms with Gasteiger partial charge in [0.15, 0.2) is 5.11 Å². The third-order valence-corrected chi connectivity index (χ3v) is 5.84. The van der Waals surface area contributed by atoms with Crippen LogP contribution < -0.4 is 16.0 Å². The molecule has 5 heteroatoms. The van der Waals surface area contributed by atoms with Gasteiger partial charge in [0.25, 0.3) is 5.91 Å². The molecule has 1 aliphatic heterocycles. The Labute approximate surface area is 194 Å². The normalized spacial score (nSPS) is 15.9. The van der Waals surface area contributed by atoms with Gasteiger partial charge in [-0.1, -0.05) is 86.1 Å². The summed E-state index contributed by atoms with van der Waals surface area (Å²) in [7, 11) is 0. The van der Waals surface area contributed by atoms with Gasteiger partial charge in [-0.25, -0.2) is 0 Å². The van der Waals surface area contributed by atoms with Crippen LogP contribution in [0.2, 0.25) is 0 Å². The van der Waals surface area contributed by atoms with E-state index in [9.17, 15) is 4.79 Å². The fourth-order valence-corrected chi connectivity index (χ4v) is 4.02. The average molecular weight is 442 g/mol. The predicted octanol–water partition coefficient (Wildman–Crippen LogP) is 5.69. The van der Waals surface area contributed by atoms with Gasteiger partial charge in [-0.05, 0) is 53.9 Å². The number of anilines is 1. The van der Waals surface area contributed by atoms with Crippen molar-refractivity contribution < 1.29 is 4.79 Å². The van der Waals surface area contributed by atoms with E-state index in [2.05, 4.69) is 54.1 Å². The van der Waals surface area contributed by atoms with Crippen molar-refractivity contribution in [3.8, 4) is 0 Å². The van der Waals surface area contributed by atoms with E-state index in [-0.39, 0.29) is 11.9 Å². The lowest BCUT2D eigenvalue weighted by Gasteiger charge is -2.32. The van der Waals surface area contributed by atoms with Crippen molar-refractivity contribution in [2.75, 3.05) is 5.32 Å². The summed E-state index contributed by atoms with van der Waals surface area (Å²) < 4.78 is 0. The van der Waals surface area contributed by atoms with E-state index in [1.165, 1.54) is 5.56 Å². The zero-order chi connectivity index (χ0) is 22.7. The van der Waals surface area contributed by atoms with E-state index in [1.54, 1.807) is 0 Å². The molecule has 1 amide bonds. The Hall–Kier alpha value is -3.44. The largest absolute Gasteiger partial charge is 0.351 e. The zero-order valence-corrected chi connectivity index (χ0v) is 19.3. The number of nitrogens with one attached hydrogen (secondary N) is 3. The highest BCUT2D eigenvalue weighted by Crippen LogP contribution is 2.32. The van der Waals surface area contributed by atoms with Gasteiger partial charge in [-0.15, -0.1) is 0 Å². The maximum absolute atomic E-state index is 13.6. The van der Waals surface area contributed by atoms with Gasteiger partial charge in [0.1, 0.15) is 0 Å². The van der Waals surface area contributed by atoms with Crippen LogP contribution in [0.4, 0.5) is 5.69 Å². The van der Waals surface area contributed by atoms with Crippen molar-refractivity contribution in [3.63, 3.8) is 0 Å². The van der Waals surface area contributed by atoms with Crippen molar-refractivity contribution >= 4 is 34.6 Å². The van der Waals surface area contributed by atoms with Gasteiger partial charge in [-0.2, -0.15) is 0 Å². The quantitative estimate of drug-likeness (QED) is 0.446. The highest BCUT2D eigenvalue weighted by atomic mass is 32.1. The molecule has 0 spiro atoms. The smallest absolute Gasteiger partial charge is 0.256 e. The van der Waals surface area contributed by atoms with E-state index in [0.29, 0.717) is 16.6 Å². The molecule has 1 heterocycles. The first kappa shape index (κ1) is 21.8. The van der Waals surface area contributed by atoms with Gasteiger partial charge < -0.3 is 16.0 Å². The molecule has 32 heavy (non-hydrogen) atoms. The molecular weight excluding hydrogens is 414 g/mol. The van der Waals surface area contributed by atoms with Gasteiger partial charge >= 0.3 is 0 Å². The molecule has 4 rings (SSSR count). The molecule has 0 unspecified atom stereocenters. The van der Waals surface area contributed by atoms with Crippen LogP contribution in [-0.4, -0.2) is 11.0 Å². The monoisotopic (exact) mass is 441 g/mol. The minimum atomic E-state index is -0.370. The third-order valence-electron chi connectivity index (χ3n) is 5.62. The lowest BCUT2D eigenvalue weighted by Crippen LogP contribution is -2.45. The van der Waals surface area contributed by atoms with Gasteiger partial charge in [0.2, 0.25) is 0 Å². The van der Waals surface area contributed by atoms with Crippen LogP contribution in [0.3, 0.4) is 0 Å². The topological polar surface area (TPSA) is 53.2 Å². The number of benzene rings is 3. The Bertz CT molecular complexity index is 1150. The molecule has 3 aromatic carbocycles. The van der Waals surface area contributed by atoms with Gasteiger partial charge in [0, 0.05) is 5.69 Å². The van der Waals surface area contributed by atoms with Crippen LogP contribution in [0.15, 0.2) is 84.4 Å². The molecule has 0 saturated carbocycles. The van der Waals surface area contributed by atoms with Gasteiger partial charge in [-0.3, -0.25) is 4.79 Å². The SMILES string of the molecule is Cc1ccc(NC(=O)C2=C(c3ccccc3)NC(=S)N[C@H]2c2ccc(C(C)C)cc2)cc1. The van der Waals surface area contributed by atoms with Crippen LogP contribution in [0.5, 0.6) is 0 Å². The molecule has 0 fully saturated rings. The first-order chi connectivity index (χ1) is 15.4. The number of hydrogen-bond acceptors (Lipinski definition) is 2. The number of rotatable bonds is 5. The predicted molar refractivity (Wildman–Crippen MR) is 135 cm³/mol. The Morgan fingerprint density at radius 1 is 0.938 bits per heavy atom. The number of aryl methyl sites for hydroxylation is 1. The van der Waals surface area contributed by atoms with Crippen LogP contribution >= 0.6 is 12.2 Å². The van der Waals surface area contributed by atoms with Crippen LogP contribution in [0.1, 0.15) is 48.1 Å². The summed E-state index contributed by atoms with van der Waals surface area (Å²) in [5, 5.41) is 10.1. The number of amides is 1. The van der Waals surface area contributed by atoms with E-state index in [4.69, 9.17) is 12.2 Å². The molecule has 3 aromatic rings. The molecule has 0 saturated heterocycles. The van der Waals surface area contributed by atoms with Crippen LogP contribution in [-0.2, 0) is 4.79 Å². The summed E-state index contributed by atoms with van der Waals surface area (Å²) in [6, 6.07) is 25.6. The fourth-order valence-electron chi connectivity index (χ4n) is 3.80. The highest BCUT2D eigenvalue weighted by molar-refractivity contribution is 7.80. The Morgan fingerprint density at radius 3 is 2.22 bits per heavy atom. The third kappa shape index (κ3) is 4.73. The number of thiocarbonyl (C=S) groups is 1. The highest BCUT2D eigenvalue weighted by Gasteiger charge is 2.32. The molecule has 162 valence electrons. The number of hydrogen-bond donors (Lipinski definition) is 3. The van der Waals surface area contributed by atoms with E-state index in [1.807, 2.05) is 61.5 Å². The molecule has 4 nitrogen and oxygen atoms in total. The van der Waals surface area contributed by atoms with Crippen molar-refractivity contribution in [1.82, 2.24) is 10.6 Å². The van der Waals surface area contributed by atoms with Crippen molar-refractivity contribution in [1.29, 1.82) is 0 Å². The molecule has 0 aliphatic carbocycles. The summed E-state index contributed by atoms with van der Waals surface area (Å²) in [6.07, 6.45) is 0. The first-order valence-corrected chi connectivity index (χ1v) is 11.2. The second-order valence-electron chi connectivity index (χ2n) is 8.33. The van der Waals surface area contributed by atoms with Crippen LogP contribution in [0, 0.1) is 6.92 Å². The second-order valence-corrected chi connectivity index (χ2v) is 8.74. The summed E-state index contributed by atoms with van der Waals surface area (Å²) in [5.74, 6) is 0.263. The lowest BCUT2D eigenvalue weighted by atomic mass is 9.90. The number of carbonyl (C=O) groups excluding carboxylic acids is 1. The van der Waals surface area contributed by atoms with E-state index >= 15 is 0 Å². The first-order valence-electron chi connectivity index (χ1n) is 10.8. The zero-order valence-electron chi connectivity index (χ0n) is 18.5. The molecular formula is C27H27N3OS. The summed E-state index contributed by atoms with van der Waals surface area (Å²) >= 11 is 5.52. The summed E-state index contributed by atoms with van der Waals surface area (Å²) in [4.78, 5) is 13.6. The minimum Gasteiger partial charge on any atom is -0.351 e. The Morgan fingerprint density at radius 2 is 1.59 bits per heavy atom. The average Bonchev–Trinajstić information content (AvgIpc) is 2.80. The maximum Gasteiger partial charge on any atom is 0.256 e.